The Balaban J connectivity index is 0.000000398. The molecule has 15 nitrogen and oxygen atoms in total. The number of nitrogens with two attached hydrogens (primary N) is 1. The maximum atomic E-state index is 12.9. The number of guanidine groups is 1. The second kappa shape index (κ2) is 17.4. The van der Waals surface area contributed by atoms with Crippen LogP contribution in [0.3, 0.4) is 0 Å². The standard InChI is InChI=1S/C24H34N8O4.C7H9F3O.CH3NO/c1-5-19(29-24(30(4)25-3)26-14-18-6-12-36-13-7-18)20(15-33)31-8-10-32(11-9-31)23(35)21-22(34)17(2)27-16-28-21;1-5-2-6(3-5,11-4-5)7(8,9)10;2-1-3/h6,15-16,34H,3,5,7-14H2,1-2,4H3,(H,26,29);2-4H2,1H3;1H,(H2,2,3)/b20-19+;;. The molecule has 5 aliphatic rings. The Morgan fingerprint density at radius 2 is 1.86 bits per heavy atom. The summed E-state index contributed by atoms with van der Waals surface area (Å²) < 4.78 is 46.8. The van der Waals surface area contributed by atoms with E-state index in [9.17, 15) is 27.9 Å². The van der Waals surface area contributed by atoms with Gasteiger partial charge in [-0.1, -0.05) is 19.9 Å². The lowest BCUT2D eigenvalue weighted by molar-refractivity contribution is -0.276. The van der Waals surface area contributed by atoms with Crippen molar-refractivity contribution in [2.75, 3.05) is 59.6 Å². The van der Waals surface area contributed by atoms with Crippen molar-refractivity contribution >= 4 is 31.3 Å². The fourth-order valence-electron chi connectivity index (χ4n) is 6.03. The smallest absolute Gasteiger partial charge is 0.417 e. The quantitative estimate of drug-likeness (QED) is 0.0896. The summed E-state index contributed by atoms with van der Waals surface area (Å²) >= 11 is 0. The largest absolute Gasteiger partial charge is 0.504 e. The molecule has 2 amide bonds. The number of primary amides is 1. The number of ether oxygens (including phenoxy) is 2. The minimum atomic E-state index is -4.16. The number of nitrogens with zero attached hydrogens (tertiary/aromatic N) is 7. The molecule has 1 saturated carbocycles. The maximum absolute atomic E-state index is 12.9. The molecule has 0 atom stereocenters. The lowest BCUT2D eigenvalue weighted by Crippen LogP contribution is -2.53. The number of aliphatic imine (C=N–C) groups is 1. The van der Waals surface area contributed by atoms with Crippen molar-refractivity contribution in [3.05, 3.63) is 40.8 Å². The number of carbonyl (C=O) groups is 3. The number of allylic oxidation sites excluding steroid dienone is 2. The summed E-state index contributed by atoms with van der Waals surface area (Å²) in [6.07, 6.45) is 1.90. The third kappa shape index (κ3) is 9.56. The van der Waals surface area contributed by atoms with Gasteiger partial charge in [0.15, 0.2) is 23.3 Å². The number of aromatic nitrogens is 2. The van der Waals surface area contributed by atoms with Crippen LogP contribution in [-0.4, -0.2) is 133 Å². The zero-order valence-electron chi connectivity index (χ0n) is 28.8. The van der Waals surface area contributed by atoms with Gasteiger partial charge in [0, 0.05) is 45.6 Å². The first-order valence-corrected chi connectivity index (χ1v) is 16.0. The fourth-order valence-corrected chi connectivity index (χ4v) is 6.03. The zero-order valence-corrected chi connectivity index (χ0v) is 28.8. The molecule has 18 heteroatoms. The second-order valence-corrected chi connectivity index (χ2v) is 12.5. The van der Waals surface area contributed by atoms with E-state index < -0.39 is 11.8 Å². The number of hydrazone groups is 1. The summed E-state index contributed by atoms with van der Waals surface area (Å²) in [6.45, 7) is 12.7. The Morgan fingerprint density at radius 1 is 1.22 bits per heavy atom. The van der Waals surface area contributed by atoms with Gasteiger partial charge in [-0.15, -0.1) is 0 Å². The van der Waals surface area contributed by atoms with Crippen LogP contribution in [0.5, 0.6) is 5.75 Å². The predicted octanol–water partition coefficient (Wildman–Crippen LogP) is 2.13. The van der Waals surface area contributed by atoms with Crippen molar-refractivity contribution in [2.24, 2.45) is 21.2 Å². The van der Waals surface area contributed by atoms with Crippen molar-refractivity contribution < 1.29 is 42.1 Å². The van der Waals surface area contributed by atoms with Crippen molar-refractivity contribution in [3.8, 4) is 5.75 Å². The highest BCUT2D eigenvalue weighted by Gasteiger charge is 2.72. The number of fused-ring (bicyclic) bond motifs is 1. The zero-order chi connectivity index (χ0) is 37.1. The highest BCUT2D eigenvalue weighted by atomic mass is 19.4. The van der Waals surface area contributed by atoms with E-state index in [1.54, 1.807) is 18.9 Å². The summed E-state index contributed by atoms with van der Waals surface area (Å²) in [7, 11) is 1.74. The van der Waals surface area contributed by atoms with Crippen molar-refractivity contribution in [3.63, 3.8) is 0 Å². The number of hydrogen-bond acceptors (Lipinski definition) is 11. The Labute approximate surface area is 289 Å². The Morgan fingerprint density at radius 3 is 2.34 bits per heavy atom. The van der Waals surface area contributed by atoms with Crippen LogP contribution >= 0.6 is 0 Å². The first kappa shape index (κ1) is 39.9. The van der Waals surface area contributed by atoms with E-state index in [-0.39, 0.29) is 48.6 Å². The number of amides is 2. The number of hydrogen-bond donors (Lipinski definition) is 3. The third-order valence-corrected chi connectivity index (χ3v) is 8.80. The fraction of sp³-hybridized carbons (Fsp3) is 0.594. The highest BCUT2D eigenvalue weighted by molar-refractivity contribution is 5.95. The molecule has 3 saturated heterocycles. The van der Waals surface area contributed by atoms with Crippen LogP contribution in [0, 0.1) is 12.3 Å². The average Bonchev–Trinajstić information content (AvgIpc) is 3.63. The lowest BCUT2D eigenvalue weighted by Gasteiger charge is -2.43. The van der Waals surface area contributed by atoms with Crippen LogP contribution in [0.1, 0.15) is 55.7 Å². The second-order valence-electron chi connectivity index (χ2n) is 12.5. The number of aryl methyl sites for hydroxylation is 1. The monoisotopic (exact) mass is 709 g/mol. The lowest BCUT2D eigenvalue weighted by atomic mass is 9.63. The molecular formula is C32H46F3N9O6. The van der Waals surface area contributed by atoms with Crippen molar-refractivity contribution in [1.29, 1.82) is 0 Å². The van der Waals surface area contributed by atoms with Gasteiger partial charge in [0.1, 0.15) is 6.33 Å². The number of aromatic hydroxyl groups is 1. The molecule has 6 rings (SSSR count). The molecule has 276 valence electrons. The molecule has 0 spiro atoms. The summed E-state index contributed by atoms with van der Waals surface area (Å²) in [4.78, 5) is 49.7. The molecule has 50 heavy (non-hydrogen) atoms. The van der Waals surface area contributed by atoms with E-state index in [0.29, 0.717) is 75.4 Å². The molecular weight excluding hydrogens is 663 g/mol. The third-order valence-electron chi connectivity index (χ3n) is 8.80. The van der Waals surface area contributed by atoms with Gasteiger partial charge in [-0.25, -0.2) is 20.0 Å². The maximum Gasteiger partial charge on any atom is 0.417 e. The summed E-state index contributed by atoms with van der Waals surface area (Å²) in [5.41, 5.74) is 4.93. The van der Waals surface area contributed by atoms with Crippen LogP contribution in [-0.2, 0) is 19.1 Å². The molecule has 1 aliphatic carbocycles. The first-order chi connectivity index (χ1) is 23.7. The van der Waals surface area contributed by atoms with Gasteiger partial charge in [0.05, 0.1) is 37.8 Å². The molecule has 1 aromatic rings. The molecule has 1 aromatic heterocycles. The normalized spacial score (nSPS) is 23.4. The molecule has 0 radical (unpaired) electrons. The Bertz CT molecular complexity index is 1470. The Kier molecular flexibility index (Phi) is 13.9. The number of carbonyl (C=O) groups excluding carboxylic acids is 3. The highest BCUT2D eigenvalue weighted by Crippen LogP contribution is 2.63. The van der Waals surface area contributed by atoms with Crippen LogP contribution in [0.2, 0.25) is 0 Å². The van der Waals surface area contributed by atoms with Crippen LogP contribution in [0.15, 0.2) is 39.5 Å². The number of nitrogens with one attached hydrogen (secondary N) is 1. The van der Waals surface area contributed by atoms with E-state index in [4.69, 9.17) is 14.3 Å². The van der Waals surface area contributed by atoms with Gasteiger partial charge >= 0.3 is 6.18 Å². The number of piperazine rings is 1. The van der Waals surface area contributed by atoms with Crippen LogP contribution < -0.4 is 11.1 Å². The molecule has 2 bridgehead atoms. The van der Waals surface area contributed by atoms with E-state index in [1.165, 1.54) is 16.9 Å². The molecule has 5 heterocycles. The minimum Gasteiger partial charge on any atom is -0.504 e. The SMILES string of the molecule is C=NN(C)C(=NCC1=CCOCC1)N/C(CC)=C(\C=O)N1CCN(C(=O)c2ncnc(C)c2O)CC1.CC12COC(C(F)(F)F)(C1)C2.NC=O. The molecule has 4 N–H and O–H groups in total. The number of rotatable bonds is 8. The topological polar surface area (TPSA) is 188 Å². The summed E-state index contributed by atoms with van der Waals surface area (Å²) in [6, 6.07) is 0. The van der Waals surface area contributed by atoms with Crippen LogP contribution in [0.4, 0.5) is 13.2 Å². The van der Waals surface area contributed by atoms with E-state index >= 15 is 0 Å². The van der Waals surface area contributed by atoms with Gasteiger partial charge in [-0.05, 0) is 43.6 Å². The summed E-state index contributed by atoms with van der Waals surface area (Å²) in [5, 5.41) is 18.9. The van der Waals surface area contributed by atoms with Crippen molar-refractivity contribution in [1.82, 2.24) is 30.1 Å². The van der Waals surface area contributed by atoms with Gasteiger partial charge in [-0.2, -0.15) is 18.3 Å². The van der Waals surface area contributed by atoms with Gasteiger partial charge in [-0.3, -0.25) is 14.4 Å². The van der Waals surface area contributed by atoms with E-state index in [0.717, 1.165) is 12.7 Å². The number of aldehydes is 1. The Hall–Kier alpha value is -4.58. The molecule has 0 aromatic carbocycles. The number of halogens is 3. The van der Waals surface area contributed by atoms with E-state index in [2.05, 4.69) is 37.8 Å². The first-order valence-electron chi connectivity index (χ1n) is 16.0. The van der Waals surface area contributed by atoms with Gasteiger partial charge in [0.25, 0.3) is 5.91 Å². The molecule has 0 unspecified atom stereocenters. The average molecular weight is 710 g/mol. The number of alkyl halides is 3. The van der Waals surface area contributed by atoms with Crippen LogP contribution in [0.25, 0.3) is 0 Å². The molecule has 4 fully saturated rings. The van der Waals surface area contributed by atoms with E-state index in [1.807, 2.05) is 24.8 Å². The summed E-state index contributed by atoms with van der Waals surface area (Å²) in [5.74, 6) is -0.0881. The van der Waals surface area contributed by atoms with Crippen molar-refractivity contribution in [2.45, 2.75) is 58.2 Å². The van der Waals surface area contributed by atoms with Gasteiger partial charge in [0.2, 0.25) is 12.4 Å². The minimum absolute atomic E-state index is 0.0153. The molecule has 4 aliphatic heterocycles. The van der Waals surface area contributed by atoms with Gasteiger partial charge < -0.3 is 35.4 Å². The predicted molar refractivity (Wildman–Crippen MR) is 178 cm³/mol.